The van der Waals surface area contributed by atoms with Crippen LogP contribution < -0.4 is 10.1 Å². The highest BCUT2D eigenvalue weighted by molar-refractivity contribution is 5.91. The molecule has 2 aromatic carbocycles. The lowest BCUT2D eigenvalue weighted by molar-refractivity contribution is -0.149. The molecule has 35 heavy (non-hydrogen) atoms. The van der Waals surface area contributed by atoms with E-state index in [2.05, 4.69) is 16.4 Å². The largest absolute Gasteiger partial charge is 0.493 e. The van der Waals surface area contributed by atoms with E-state index in [1.165, 1.54) is 0 Å². The first-order chi connectivity index (χ1) is 16.3. The Balaban J connectivity index is 0.00000342. The number of esters is 1. The molecule has 1 aromatic heterocycles. The van der Waals surface area contributed by atoms with Crippen molar-refractivity contribution in [1.29, 1.82) is 0 Å². The molecule has 0 unspecified atom stereocenters. The normalized spacial score (nSPS) is 13.5. The minimum absolute atomic E-state index is 0. The molecule has 2 heterocycles. The number of oxazole rings is 1. The molecule has 0 bridgehead atoms. The van der Waals surface area contributed by atoms with E-state index in [9.17, 15) is 4.79 Å². The molecule has 0 radical (unpaired) electrons. The van der Waals surface area contributed by atoms with Crippen LogP contribution in [-0.2, 0) is 22.4 Å². The predicted molar refractivity (Wildman–Crippen MR) is 138 cm³/mol. The van der Waals surface area contributed by atoms with Crippen LogP contribution in [0.3, 0.4) is 0 Å². The van der Waals surface area contributed by atoms with Crippen molar-refractivity contribution < 1.29 is 18.7 Å². The zero-order valence-corrected chi connectivity index (χ0v) is 20.3. The van der Waals surface area contributed by atoms with Gasteiger partial charge in [-0.25, -0.2) is 9.78 Å². The fraction of sp³-hybridized carbons (Fsp3) is 0.379. The highest BCUT2D eigenvalue weighted by Gasteiger charge is 2.25. The molecule has 1 aliphatic heterocycles. The molecule has 186 valence electrons. The summed E-state index contributed by atoms with van der Waals surface area (Å²) in [6, 6.07) is 17.9. The lowest BCUT2D eigenvalue weighted by Gasteiger charge is -2.20. The quantitative estimate of drug-likeness (QED) is 0.421. The smallest absolute Gasteiger partial charge is 0.335 e. The first-order valence-corrected chi connectivity index (χ1v) is 11.7. The second-order valence-corrected chi connectivity index (χ2v) is 9.50. The van der Waals surface area contributed by atoms with E-state index in [1.54, 1.807) is 0 Å². The molecule has 1 aliphatic rings. The van der Waals surface area contributed by atoms with Gasteiger partial charge in [0.15, 0.2) is 0 Å². The Morgan fingerprint density at radius 1 is 1.09 bits per heavy atom. The summed E-state index contributed by atoms with van der Waals surface area (Å²) in [6.07, 6.45) is 1.34. The topological polar surface area (TPSA) is 73.6 Å². The number of nitrogens with zero attached hydrogens (tertiary/aromatic N) is 1. The van der Waals surface area contributed by atoms with E-state index in [-0.39, 0.29) is 13.4 Å². The van der Waals surface area contributed by atoms with Crippen LogP contribution in [-0.4, -0.2) is 36.3 Å². The van der Waals surface area contributed by atoms with E-state index in [0.29, 0.717) is 38.4 Å². The van der Waals surface area contributed by atoms with E-state index >= 15 is 0 Å². The van der Waals surface area contributed by atoms with Gasteiger partial charge in [0.05, 0.1) is 17.9 Å². The second-order valence-electron chi connectivity index (χ2n) is 9.50. The van der Waals surface area contributed by atoms with Gasteiger partial charge in [0.2, 0.25) is 5.89 Å². The maximum absolute atomic E-state index is 12.6. The maximum Gasteiger partial charge on any atom is 0.335 e. The minimum atomic E-state index is -0.504. The number of hydrogen-bond acceptors (Lipinski definition) is 6. The molecular formula is C29H36N2O4. The van der Waals surface area contributed by atoms with E-state index in [0.717, 1.165) is 39.5 Å². The van der Waals surface area contributed by atoms with Crippen LogP contribution in [0.5, 0.6) is 5.75 Å². The number of benzene rings is 2. The summed E-state index contributed by atoms with van der Waals surface area (Å²) in [6.45, 7) is 9.32. The number of aryl methyl sites for hydroxylation is 1. The number of carbonyl (C=O) groups is 1. The molecule has 0 saturated carbocycles. The van der Waals surface area contributed by atoms with Crippen molar-refractivity contribution in [3.05, 3.63) is 82.8 Å². The molecule has 4 rings (SSSR count). The standard InChI is InChI=1S/C28H32N2O4.CH4/c1-19-25(30-26(33-19)21-10-6-5-7-11-21)13-14-32-23-12-8-9-20(16-23)15-22-17-29-18-24(22)27(31)34-28(2,3)4;/h5-12,16,29H,13-15,17-18H2,1-4H3;1H4. The van der Waals surface area contributed by atoms with E-state index < -0.39 is 5.60 Å². The van der Waals surface area contributed by atoms with Gasteiger partial charge in [-0.15, -0.1) is 0 Å². The third-order valence-corrected chi connectivity index (χ3v) is 5.55. The van der Waals surface area contributed by atoms with Gasteiger partial charge in [-0.3, -0.25) is 0 Å². The van der Waals surface area contributed by atoms with Gasteiger partial charge < -0.3 is 19.2 Å². The van der Waals surface area contributed by atoms with Gasteiger partial charge >= 0.3 is 5.97 Å². The third-order valence-electron chi connectivity index (χ3n) is 5.55. The minimum Gasteiger partial charge on any atom is -0.493 e. The number of carbonyl (C=O) groups excluding carboxylic acids is 1. The van der Waals surface area contributed by atoms with Crippen LogP contribution in [0.15, 0.2) is 70.2 Å². The first kappa shape index (κ1) is 26.2. The van der Waals surface area contributed by atoms with Crippen molar-refractivity contribution in [2.75, 3.05) is 19.7 Å². The summed E-state index contributed by atoms with van der Waals surface area (Å²) < 4.78 is 17.4. The molecule has 6 nitrogen and oxygen atoms in total. The van der Waals surface area contributed by atoms with Crippen LogP contribution >= 0.6 is 0 Å². The lowest BCUT2D eigenvalue weighted by Crippen LogP contribution is -2.26. The van der Waals surface area contributed by atoms with Gasteiger partial charge in [-0.2, -0.15) is 0 Å². The van der Waals surface area contributed by atoms with Crippen molar-refractivity contribution >= 4 is 5.97 Å². The molecule has 3 aromatic rings. The van der Waals surface area contributed by atoms with Crippen molar-refractivity contribution in [3.8, 4) is 17.2 Å². The molecule has 0 spiro atoms. The third kappa shape index (κ3) is 7.06. The average Bonchev–Trinajstić information content (AvgIpc) is 3.40. The Hall–Kier alpha value is -3.38. The van der Waals surface area contributed by atoms with Crippen molar-refractivity contribution in [3.63, 3.8) is 0 Å². The molecule has 6 heteroatoms. The SMILES string of the molecule is C.Cc1oc(-c2ccccc2)nc1CCOc1cccc(CC2=C(C(=O)OC(C)(C)C)CNC2)c1. The van der Waals surface area contributed by atoms with Gasteiger partial charge in [0.25, 0.3) is 0 Å². The fourth-order valence-corrected chi connectivity index (χ4v) is 3.92. The van der Waals surface area contributed by atoms with Crippen molar-refractivity contribution in [2.24, 2.45) is 0 Å². The number of rotatable bonds is 8. The zero-order chi connectivity index (χ0) is 24.1. The number of nitrogens with one attached hydrogen (secondary N) is 1. The van der Waals surface area contributed by atoms with Gasteiger partial charge in [-0.05, 0) is 69.5 Å². The van der Waals surface area contributed by atoms with Crippen LogP contribution in [0, 0.1) is 6.92 Å². The molecule has 0 atom stereocenters. The zero-order valence-electron chi connectivity index (χ0n) is 20.3. The van der Waals surface area contributed by atoms with Gasteiger partial charge in [0.1, 0.15) is 17.1 Å². The van der Waals surface area contributed by atoms with Crippen LogP contribution in [0.25, 0.3) is 11.5 Å². The Bertz CT molecular complexity index is 1170. The first-order valence-electron chi connectivity index (χ1n) is 11.7. The monoisotopic (exact) mass is 476 g/mol. The Morgan fingerprint density at radius 3 is 2.60 bits per heavy atom. The molecular weight excluding hydrogens is 440 g/mol. The number of hydrogen-bond donors (Lipinski definition) is 1. The summed E-state index contributed by atoms with van der Waals surface area (Å²) in [5.41, 5.74) is 4.26. The molecule has 0 saturated heterocycles. The van der Waals surface area contributed by atoms with E-state index in [4.69, 9.17) is 13.9 Å². The van der Waals surface area contributed by atoms with Gasteiger partial charge in [0, 0.05) is 25.1 Å². The molecule has 1 N–H and O–H groups in total. The summed E-state index contributed by atoms with van der Waals surface area (Å²) in [4.78, 5) is 17.2. The van der Waals surface area contributed by atoms with E-state index in [1.807, 2.05) is 76.2 Å². The van der Waals surface area contributed by atoms with Crippen LogP contribution in [0.4, 0.5) is 0 Å². The Labute approximate surface area is 208 Å². The Kier molecular flexibility index (Phi) is 8.52. The maximum atomic E-state index is 12.6. The van der Waals surface area contributed by atoms with Crippen molar-refractivity contribution in [1.82, 2.24) is 10.3 Å². The fourth-order valence-electron chi connectivity index (χ4n) is 3.92. The van der Waals surface area contributed by atoms with Crippen LogP contribution in [0.2, 0.25) is 0 Å². The predicted octanol–water partition coefficient (Wildman–Crippen LogP) is 5.69. The summed E-state index contributed by atoms with van der Waals surface area (Å²) in [5.74, 6) is 2.01. The molecule has 0 aliphatic carbocycles. The van der Waals surface area contributed by atoms with Crippen molar-refractivity contribution in [2.45, 2.75) is 53.6 Å². The second kappa shape index (κ2) is 11.4. The summed E-state index contributed by atoms with van der Waals surface area (Å²) in [5, 5.41) is 3.27. The lowest BCUT2D eigenvalue weighted by atomic mass is 10.0. The number of ether oxygens (including phenoxy) is 2. The Morgan fingerprint density at radius 2 is 1.86 bits per heavy atom. The average molecular weight is 477 g/mol. The molecule has 0 amide bonds. The van der Waals surface area contributed by atoms with Crippen LogP contribution in [0.1, 0.15) is 45.2 Å². The number of aromatic nitrogens is 1. The van der Waals surface area contributed by atoms with Gasteiger partial charge in [-0.1, -0.05) is 37.8 Å². The molecule has 0 fully saturated rings. The highest BCUT2D eigenvalue weighted by Crippen LogP contribution is 2.24. The highest BCUT2D eigenvalue weighted by atomic mass is 16.6. The summed E-state index contributed by atoms with van der Waals surface area (Å²) in [7, 11) is 0. The summed E-state index contributed by atoms with van der Waals surface area (Å²) >= 11 is 0.